The van der Waals surface area contributed by atoms with Gasteiger partial charge < -0.3 is 0 Å². The molecule has 1 unspecified atom stereocenters. The summed E-state index contributed by atoms with van der Waals surface area (Å²) in [7, 11) is 0. The summed E-state index contributed by atoms with van der Waals surface area (Å²) < 4.78 is 0. The van der Waals surface area contributed by atoms with Crippen molar-refractivity contribution in [2.24, 2.45) is 4.99 Å². The molecule has 1 aliphatic carbocycles. The van der Waals surface area contributed by atoms with Crippen molar-refractivity contribution in [1.82, 2.24) is 4.98 Å². The number of hydrogen-bond acceptors (Lipinski definition) is 5. The molecule has 0 spiro atoms. The quantitative estimate of drug-likeness (QED) is 0.810. The Labute approximate surface area is 151 Å². The van der Waals surface area contributed by atoms with E-state index in [0.29, 0.717) is 11.3 Å². The number of carbonyl (C=O) groups excluding carboxylic acids is 2. The Morgan fingerprint density at radius 2 is 1.92 bits per heavy atom. The lowest BCUT2D eigenvalue weighted by molar-refractivity contribution is 0.0964. The summed E-state index contributed by atoms with van der Waals surface area (Å²) in [6, 6.07) is 13.0. The van der Waals surface area contributed by atoms with Crippen LogP contribution in [-0.2, 0) is 0 Å². The predicted molar refractivity (Wildman–Crippen MR) is 102 cm³/mol. The molecule has 1 aliphatic rings. The van der Waals surface area contributed by atoms with Crippen molar-refractivity contribution >= 4 is 29.0 Å². The van der Waals surface area contributed by atoms with Crippen molar-refractivity contribution in [3.05, 3.63) is 65.5 Å². The van der Waals surface area contributed by atoms with Crippen LogP contribution in [0.1, 0.15) is 52.7 Å². The monoisotopic (exact) mass is 352 g/mol. The zero-order chi connectivity index (χ0) is 17.8. The molecular formula is C20H20N2O2S. The molecule has 0 bridgehead atoms. The summed E-state index contributed by atoms with van der Waals surface area (Å²) in [4.78, 5) is 34.7. The maximum absolute atomic E-state index is 13.0. The van der Waals surface area contributed by atoms with E-state index in [9.17, 15) is 9.59 Å². The summed E-state index contributed by atoms with van der Waals surface area (Å²) in [6.45, 7) is 4.00. The number of fused-ring (bicyclic) bond motifs is 1. The molecule has 3 rings (SSSR count). The van der Waals surface area contributed by atoms with Crippen molar-refractivity contribution in [2.75, 3.05) is 5.75 Å². The Morgan fingerprint density at radius 1 is 1.16 bits per heavy atom. The van der Waals surface area contributed by atoms with E-state index in [1.54, 1.807) is 18.3 Å². The molecule has 1 aromatic carbocycles. The maximum atomic E-state index is 13.0. The number of aliphatic imine (C=N–C) groups is 1. The summed E-state index contributed by atoms with van der Waals surface area (Å²) in [5, 5.41) is -0.569. The van der Waals surface area contributed by atoms with Crippen LogP contribution >= 0.6 is 11.8 Å². The molecule has 0 amide bonds. The Hall–Kier alpha value is -2.27. The van der Waals surface area contributed by atoms with Crippen LogP contribution in [0.4, 0.5) is 0 Å². The first-order valence-corrected chi connectivity index (χ1v) is 9.46. The first-order chi connectivity index (χ1) is 12.1. The van der Waals surface area contributed by atoms with Gasteiger partial charge in [0.15, 0.2) is 0 Å². The molecule has 25 heavy (non-hydrogen) atoms. The van der Waals surface area contributed by atoms with E-state index in [2.05, 4.69) is 16.9 Å². The van der Waals surface area contributed by atoms with E-state index in [0.717, 1.165) is 17.7 Å². The number of aromatic nitrogens is 1. The average molecular weight is 352 g/mol. The van der Waals surface area contributed by atoms with Gasteiger partial charge in [0.25, 0.3) is 0 Å². The molecule has 0 radical (unpaired) electrons. The Kier molecular flexibility index (Phi) is 5.43. The van der Waals surface area contributed by atoms with Crippen LogP contribution in [0.15, 0.2) is 53.7 Å². The molecule has 0 aliphatic heterocycles. The van der Waals surface area contributed by atoms with E-state index in [1.165, 1.54) is 11.8 Å². The number of Topliss-reactive ketones (excluding diaryl/α,β-unsaturated/α-hetero) is 2. The van der Waals surface area contributed by atoms with E-state index in [4.69, 9.17) is 0 Å². The van der Waals surface area contributed by atoms with Crippen LogP contribution in [0.5, 0.6) is 0 Å². The lowest BCUT2D eigenvalue weighted by Gasteiger charge is -2.24. The van der Waals surface area contributed by atoms with Gasteiger partial charge in [0.05, 0.1) is 11.6 Å². The normalized spacial score (nSPS) is 19.8. The molecule has 0 fully saturated rings. The molecule has 1 heterocycles. The predicted octanol–water partition coefficient (Wildman–Crippen LogP) is 4.17. The number of carbonyl (C=O) groups is 2. The standard InChI is InChI=1S/C20H20N2O2S/c1-3-12-25-20-17(22-13(2)14-8-5-4-6-9-14)18(23)15-10-7-11-21-16(15)19(20)24/h4-11,13,20H,3,12H2,1-2H3/t13-,20?/m0/s1. The fourth-order valence-corrected chi connectivity index (χ4v) is 3.88. The van der Waals surface area contributed by atoms with Crippen molar-refractivity contribution < 1.29 is 9.59 Å². The van der Waals surface area contributed by atoms with Crippen molar-refractivity contribution in [1.29, 1.82) is 0 Å². The summed E-state index contributed by atoms with van der Waals surface area (Å²) in [5.41, 5.74) is 2.00. The molecule has 0 saturated heterocycles. The van der Waals surface area contributed by atoms with Gasteiger partial charge in [0.1, 0.15) is 16.7 Å². The van der Waals surface area contributed by atoms with Gasteiger partial charge in [-0.3, -0.25) is 19.6 Å². The van der Waals surface area contributed by atoms with Crippen LogP contribution in [0.3, 0.4) is 0 Å². The lowest BCUT2D eigenvalue weighted by atomic mass is 9.91. The molecule has 0 saturated carbocycles. The fourth-order valence-electron chi connectivity index (χ4n) is 2.82. The zero-order valence-corrected chi connectivity index (χ0v) is 15.1. The van der Waals surface area contributed by atoms with Crippen LogP contribution < -0.4 is 0 Å². The largest absolute Gasteiger partial charge is 0.291 e. The number of hydrogen-bond donors (Lipinski definition) is 0. The molecule has 5 heteroatoms. The smallest absolute Gasteiger partial charge is 0.210 e. The highest BCUT2D eigenvalue weighted by Gasteiger charge is 2.39. The van der Waals surface area contributed by atoms with Gasteiger partial charge >= 0.3 is 0 Å². The molecule has 0 N–H and O–H groups in total. The summed E-state index contributed by atoms with van der Waals surface area (Å²) in [5.74, 6) is 0.497. The van der Waals surface area contributed by atoms with Gasteiger partial charge in [-0.1, -0.05) is 37.3 Å². The van der Waals surface area contributed by atoms with E-state index in [1.807, 2.05) is 37.3 Å². The van der Waals surface area contributed by atoms with E-state index >= 15 is 0 Å². The average Bonchev–Trinajstić information content (AvgIpc) is 2.66. The number of nitrogens with zero attached hydrogens (tertiary/aromatic N) is 2. The second kappa shape index (κ2) is 7.74. The summed E-state index contributed by atoms with van der Waals surface area (Å²) in [6.07, 6.45) is 2.49. The molecule has 1 aromatic heterocycles. The molecular weight excluding hydrogens is 332 g/mol. The minimum atomic E-state index is -0.569. The zero-order valence-electron chi connectivity index (χ0n) is 14.3. The first-order valence-electron chi connectivity index (χ1n) is 8.41. The lowest BCUT2D eigenvalue weighted by Crippen LogP contribution is -2.40. The second-order valence-electron chi connectivity index (χ2n) is 5.94. The Balaban J connectivity index is 2.03. The van der Waals surface area contributed by atoms with Crippen LogP contribution in [0.2, 0.25) is 0 Å². The number of rotatable bonds is 5. The minimum Gasteiger partial charge on any atom is -0.291 e. The highest BCUT2D eigenvalue weighted by atomic mass is 32.2. The van der Waals surface area contributed by atoms with Crippen molar-refractivity contribution in [3.63, 3.8) is 0 Å². The van der Waals surface area contributed by atoms with Gasteiger partial charge in [-0.15, -0.1) is 11.8 Å². The van der Waals surface area contributed by atoms with Crippen molar-refractivity contribution in [2.45, 2.75) is 31.6 Å². The SMILES string of the molecule is CCCSC1C(=O)c2ncccc2C(=O)C1=N[C@@H](C)c1ccccc1. The van der Waals surface area contributed by atoms with E-state index < -0.39 is 5.25 Å². The highest BCUT2D eigenvalue weighted by Crippen LogP contribution is 2.29. The van der Waals surface area contributed by atoms with Gasteiger partial charge in [-0.05, 0) is 36.8 Å². The molecule has 4 nitrogen and oxygen atoms in total. The molecule has 128 valence electrons. The minimum absolute atomic E-state index is 0.118. The van der Waals surface area contributed by atoms with Gasteiger partial charge in [-0.25, -0.2) is 0 Å². The van der Waals surface area contributed by atoms with Crippen LogP contribution in [0.25, 0.3) is 0 Å². The molecule has 2 atom stereocenters. The van der Waals surface area contributed by atoms with Crippen LogP contribution in [-0.4, -0.2) is 33.3 Å². The Morgan fingerprint density at radius 3 is 2.64 bits per heavy atom. The third kappa shape index (κ3) is 3.56. The van der Waals surface area contributed by atoms with Crippen molar-refractivity contribution in [3.8, 4) is 0 Å². The third-order valence-electron chi connectivity index (χ3n) is 4.11. The third-order valence-corrected chi connectivity index (χ3v) is 5.52. The number of ketones is 2. The van der Waals surface area contributed by atoms with E-state index in [-0.39, 0.29) is 23.3 Å². The topological polar surface area (TPSA) is 59.4 Å². The summed E-state index contributed by atoms with van der Waals surface area (Å²) >= 11 is 1.48. The second-order valence-corrected chi connectivity index (χ2v) is 7.16. The number of benzene rings is 1. The highest BCUT2D eigenvalue weighted by molar-refractivity contribution is 8.01. The number of pyridine rings is 1. The van der Waals surface area contributed by atoms with Gasteiger partial charge in [-0.2, -0.15) is 0 Å². The van der Waals surface area contributed by atoms with Gasteiger partial charge in [0, 0.05) is 6.20 Å². The maximum Gasteiger partial charge on any atom is 0.210 e. The molecule has 2 aromatic rings. The fraction of sp³-hybridized carbons (Fsp3) is 0.300. The van der Waals surface area contributed by atoms with Crippen LogP contribution in [0, 0.1) is 0 Å². The number of thioether (sulfide) groups is 1. The van der Waals surface area contributed by atoms with Gasteiger partial charge in [0.2, 0.25) is 11.6 Å². The first kappa shape index (κ1) is 17.5. The Bertz CT molecular complexity index is 817.